The number of rotatable bonds is 11. The first kappa shape index (κ1) is 19.0. The summed E-state index contributed by atoms with van der Waals surface area (Å²) in [6.45, 7) is 20.5. The third-order valence-electron chi connectivity index (χ3n) is 6.46. The third-order valence-corrected chi connectivity index (χ3v) is 6.46. The molecule has 1 aliphatic rings. The molecule has 0 aromatic heterocycles. The Balaban J connectivity index is 2.16. The Bertz CT molecular complexity index is 244. The monoisotopic (exact) mass is 298 g/mol. The highest BCUT2D eigenvalue weighted by molar-refractivity contribution is 4.54. The molecule has 0 radical (unpaired) electrons. The number of unbranched alkanes of at least 4 members (excludes halogenated alkanes) is 3. The molecule has 1 heterocycles. The van der Waals surface area contributed by atoms with Crippen LogP contribution in [0.25, 0.3) is 0 Å². The van der Waals surface area contributed by atoms with Gasteiger partial charge in [0.1, 0.15) is 0 Å². The summed E-state index contributed by atoms with van der Waals surface area (Å²) in [4.78, 5) is 0. The molecule has 1 fully saturated rings. The van der Waals surface area contributed by atoms with Crippen molar-refractivity contribution >= 4 is 0 Å². The molecule has 0 spiro atoms. The highest BCUT2D eigenvalue weighted by Gasteiger charge is 2.27. The Hall–Kier alpha value is -0.0800. The first-order valence-electron chi connectivity index (χ1n) is 9.86. The van der Waals surface area contributed by atoms with Crippen molar-refractivity contribution in [1.29, 1.82) is 0 Å². The Morgan fingerprint density at radius 2 is 1.29 bits per heavy atom. The molecule has 1 saturated heterocycles. The fraction of sp³-hybridized carbons (Fsp3) is 1.00. The van der Waals surface area contributed by atoms with Crippen LogP contribution in [0, 0.1) is 0 Å². The van der Waals surface area contributed by atoms with Crippen molar-refractivity contribution in [2.75, 3.05) is 52.4 Å². The molecule has 0 atom stereocenters. The Morgan fingerprint density at radius 1 is 0.714 bits per heavy atom. The molecular weight excluding hydrogens is 256 g/mol. The average molecular weight is 299 g/mol. The third kappa shape index (κ3) is 5.90. The summed E-state index contributed by atoms with van der Waals surface area (Å²) in [5.74, 6) is 0. The van der Waals surface area contributed by atoms with Gasteiger partial charge >= 0.3 is 0 Å². The van der Waals surface area contributed by atoms with Crippen LogP contribution >= 0.6 is 0 Å². The summed E-state index contributed by atoms with van der Waals surface area (Å²) in [5.41, 5.74) is 0. The molecule has 0 aromatic carbocycles. The normalized spacial score (nSPS) is 18.9. The summed E-state index contributed by atoms with van der Waals surface area (Å²) in [6.07, 6.45) is 10.2. The van der Waals surface area contributed by atoms with Crippen molar-refractivity contribution in [3.05, 3.63) is 0 Å². The van der Waals surface area contributed by atoms with Gasteiger partial charge in [-0.3, -0.25) is 0 Å². The van der Waals surface area contributed by atoms with Gasteiger partial charge in [0.25, 0.3) is 0 Å². The molecule has 0 N–H and O–H groups in total. The smallest absolute Gasteiger partial charge is 0.0786 e. The van der Waals surface area contributed by atoms with Crippen LogP contribution in [0.3, 0.4) is 0 Å². The zero-order valence-electron chi connectivity index (χ0n) is 15.5. The van der Waals surface area contributed by atoms with E-state index in [-0.39, 0.29) is 0 Å². The quantitative estimate of drug-likeness (QED) is 0.391. The van der Waals surface area contributed by atoms with Gasteiger partial charge in [-0.15, -0.1) is 0 Å². The van der Waals surface area contributed by atoms with Crippen LogP contribution in [0.5, 0.6) is 0 Å². The lowest BCUT2D eigenvalue weighted by atomic mass is 10.1. The van der Waals surface area contributed by atoms with Gasteiger partial charge in [-0.25, -0.2) is 0 Å². The standard InChI is InChI=1S/C19H42N2/c1-5-20(6-2,7-3)16-12-9-10-13-17-21(8-4)18-14-11-15-19-21/h5-19H2,1-4H3/q+2. The predicted octanol–water partition coefficient (Wildman–Crippen LogP) is 4.44. The van der Waals surface area contributed by atoms with Gasteiger partial charge in [0.2, 0.25) is 0 Å². The maximum absolute atomic E-state index is 2.40. The van der Waals surface area contributed by atoms with E-state index in [0.29, 0.717) is 0 Å². The second kappa shape index (κ2) is 9.84. The topological polar surface area (TPSA) is 0 Å². The fourth-order valence-electron chi connectivity index (χ4n) is 4.27. The SMILES string of the molecule is CC[N+](CC)(CC)CCCCCC[N+]1(CC)CCCCC1. The van der Waals surface area contributed by atoms with Crippen molar-refractivity contribution in [2.24, 2.45) is 0 Å². The van der Waals surface area contributed by atoms with E-state index in [9.17, 15) is 0 Å². The molecule has 1 rings (SSSR count). The van der Waals surface area contributed by atoms with Gasteiger partial charge < -0.3 is 8.97 Å². The van der Waals surface area contributed by atoms with Crippen molar-refractivity contribution < 1.29 is 8.97 Å². The molecule has 126 valence electrons. The Kier molecular flexibility index (Phi) is 8.89. The van der Waals surface area contributed by atoms with E-state index in [1.165, 1.54) is 106 Å². The number of nitrogens with zero attached hydrogens (tertiary/aromatic N) is 2. The first-order chi connectivity index (χ1) is 10.2. The van der Waals surface area contributed by atoms with Crippen LogP contribution in [0.4, 0.5) is 0 Å². The first-order valence-corrected chi connectivity index (χ1v) is 9.86. The summed E-state index contributed by atoms with van der Waals surface area (Å²) in [5, 5.41) is 0. The van der Waals surface area contributed by atoms with Crippen LogP contribution in [0.2, 0.25) is 0 Å². The molecule has 2 heteroatoms. The molecule has 0 saturated carbocycles. The average Bonchev–Trinajstić information content (AvgIpc) is 2.56. The minimum atomic E-state index is 1.31. The molecular formula is C19H42N2+2. The van der Waals surface area contributed by atoms with Crippen molar-refractivity contribution in [3.8, 4) is 0 Å². The zero-order chi connectivity index (χ0) is 15.6. The number of quaternary nitrogens is 2. The maximum Gasteiger partial charge on any atom is 0.0786 e. The largest absolute Gasteiger partial charge is 0.324 e. The number of hydrogen-bond donors (Lipinski definition) is 0. The van der Waals surface area contributed by atoms with E-state index in [2.05, 4.69) is 27.7 Å². The molecule has 0 bridgehead atoms. The highest BCUT2D eigenvalue weighted by atomic mass is 15.3. The second-order valence-corrected chi connectivity index (χ2v) is 7.32. The van der Waals surface area contributed by atoms with E-state index in [1.54, 1.807) is 0 Å². The molecule has 21 heavy (non-hydrogen) atoms. The van der Waals surface area contributed by atoms with Gasteiger partial charge in [-0.05, 0) is 72.6 Å². The van der Waals surface area contributed by atoms with Gasteiger partial charge in [-0.2, -0.15) is 0 Å². The van der Waals surface area contributed by atoms with E-state index in [4.69, 9.17) is 0 Å². The summed E-state index contributed by atoms with van der Waals surface area (Å²) < 4.78 is 2.76. The van der Waals surface area contributed by atoms with Crippen molar-refractivity contribution in [2.45, 2.75) is 72.6 Å². The highest BCUT2D eigenvalue weighted by Crippen LogP contribution is 2.20. The molecule has 0 unspecified atom stereocenters. The van der Waals surface area contributed by atoms with E-state index >= 15 is 0 Å². The molecule has 1 aliphatic heterocycles. The van der Waals surface area contributed by atoms with Crippen LogP contribution in [-0.4, -0.2) is 61.3 Å². The van der Waals surface area contributed by atoms with E-state index < -0.39 is 0 Å². The fourth-order valence-corrected chi connectivity index (χ4v) is 4.27. The van der Waals surface area contributed by atoms with Crippen LogP contribution < -0.4 is 0 Å². The van der Waals surface area contributed by atoms with Gasteiger partial charge in [0.05, 0.1) is 52.4 Å². The molecule has 2 nitrogen and oxygen atoms in total. The van der Waals surface area contributed by atoms with E-state index in [1.807, 2.05) is 0 Å². The van der Waals surface area contributed by atoms with Crippen LogP contribution in [0.1, 0.15) is 72.6 Å². The number of hydrogen-bond acceptors (Lipinski definition) is 0. The number of piperidine rings is 1. The summed E-state index contributed by atoms with van der Waals surface area (Å²) >= 11 is 0. The summed E-state index contributed by atoms with van der Waals surface area (Å²) in [7, 11) is 0. The van der Waals surface area contributed by atoms with Gasteiger partial charge in [0, 0.05) is 0 Å². The van der Waals surface area contributed by atoms with Gasteiger partial charge in [-0.1, -0.05) is 0 Å². The Labute approximate surface area is 134 Å². The molecule has 0 aromatic rings. The van der Waals surface area contributed by atoms with Crippen molar-refractivity contribution in [3.63, 3.8) is 0 Å². The lowest BCUT2D eigenvalue weighted by Crippen LogP contribution is -2.51. The van der Waals surface area contributed by atoms with Gasteiger partial charge in [0.15, 0.2) is 0 Å². The van der Waals surface area contributed by atoms with Crippen molar-refractivity contribution in [1.82, 2.24) is 0 Å². The number of likely N-dealkylation sites (tertiary alicyclic amines) is 1. The maximum atomic E-state index is 2.40. The second-order valence-electron chi connectivity index (χ2n) is 7.32. The molecule has 0 aliphatic carbocycles. The van der Waals surface area contributed by atoms with Crippen LogP contribution in [-0.2, 0) is 0 Å². The Morgan fingerprint density at radius 3 is 1.81 bits per heavy atom. The minimum Gasteiger partial charge on any atom is -0.324 e. The van der Waals surface area contributed by atoms with E-state index in [0.717, 1.165) is 0 Å². The van der Waals surface area contributed by atoms with Crippen LogP contribution in [0.15, 0.2) is 0 Å². The predicted molar refractivity (Wildman–Crippen MR) is 94.5 cm³/mol. The zero-order valence-corrected chi connectivity index (χ0v) is 15.5. The lowest BCUT2D eigenvalue weighted by Gasteiger charge is -2.41. The minimum absolute atomic E-state index is 1.31. The lowest BCUT2D eigenvalue weighted by molar-refractivity contribution is -0.931. The molecule has 0 amide bonds. The summed E-state index contributed by atoms with van der Waals surface area (Å²) in [6, 6.07) is 0.